The molecule has 1 aliphatic rings. The molecule has 0 aliphatic carbocycles. The molecule has 2 rings (SSSR count). The van der Waals surface area contributed by atoms with E-state index in [4.69, 9.17) is 4.52 Å². The van der Waals surface area contributed by atoms with Crippen molar-refractivity contribution in [2.45, 2.75) is 6.54 Å². The first-order valence-electron chi connectivity index (χ1n) is 7.11. The van der Waals surface area contributed by atoms with Crippen LogP contribution in [0.25, 0.3) is 0 Å². The summed E-state index contributed by atoms with van der Waals surface area (Å²) in [5, 5.41) is 2.49. The van der Waals surface area contributed by atoms with Crippen LogP contribution in [0, 0.1) is 0 Å². The Labute approximate surface area is 135 Å². The zero-order chi connectivity index (χ0) is 16.0. The highest BCUT2D eigenvalue weighted by atomic mass is 32.7. The van der Waals surface area contributed by atoms with Gasteiger partial charge in [-0.1, -0.05) is 41.7 Å². The number of nitrogens with one attached hydrogen (secondary N) is 1. The van der Waals surface area contributed by atoms with Gasteiger partial charge in [-0.25, -0.2) is 4.79 Å². The summed E-state index contributed by atoms with van der Waals surface area (Å²) in [5.41, 5.74) is 1.27. The van der Waals surface area contributed by atoms with Gasteiger partial charge in [0.25, 0.3) is 0 Å². The molecule has 8 heteroatoms. The molecule has 0 aromatic heterocycles. The van der Waals surface area contributed by atoms with Crippen LogP contribution in [0.1, 0.15) is 5.56 Å². The van der Waals surface area contributed by atoms with Crippen molar-refractivity contribution in [1.29, 1.82) is 0 Å². The van der Waals surface area contributed by atoms with Crippen LogP contribution in [-0.2, 0) is 15.6 Å². The minimum absolute atomic E-state index is 0.320. The second kappa shape index (κ2) is 8.02. The zero-order valence-corrected chi connectivity index (χ0v) is 14.6. The van der Waals surface area contributed by atoms with Crippen LogP contribution in [0.5, 0.6) is 0 Å². The number of rotatable bonds is 5. The molecule has 0 bridgehead atoms. The summed E-state index contributed by atoms with van der Waals surface area (Å²) in [7, 11) is 1.34. The zero-order valence-electron chi connectivity index (χ0n) is 12.9. The first kappa shape index (κ1) is 17.3. The van der Waals surface area contributed by atoms with Gasteiger partial charge < -0.3 is 9.42 Å². The SMILES string of the molecule is COP(=O)(NC(=O)N1CCN(Cc2ccccc2)CC1)SC. The normalized spacial score (nSPS) is 18.7. The summed E-state index contributed by atoms with van der Waals surface area (Å²) < 4.78 is 17.0. The monoisotopic (exact) mass is 343 g/mol. The predicted octanol–water partition coefficient (Wildman–Crippen LogP) is 2.63. The number of carbonyl (C=O) groups is 1. The lowest BCUT2D eigenvalue weighted by Crippen LogP contribution is -2.50. The summed E-state index contributed by atoms with van der Waals surface area (Å²) in [6.45, 7) is 0.627. The number of benzene rings is 1. The maximum Gasteiger partial charge on any atom is 0.354 e. The maximum absolute atomic E-state index is 12.1. The van der Waals surface area contributed by atoms with Crippen molar-refractivity contribution in [3.8, 4) is 0 Å². The van der Waals surface area contributed by atoms with Gasteiger partial charge in [0.15, 0.2) is 0 Å². The van der Waals surface area contributed by atoms with Gasteiger partial charge in [-0.3, -0.25) is 14.6 Å². The molecular weight excluding hydrogens is 321 g/mol. The van der Waals surface area contributed by atoms with Gasteiger partial charge in [0, 0.05) is 39.8 Å². The summed E-state index contributed by atoms with van der Waals surface area (Å²) >= 11 is 1.03. The van der Waals surface area contributed by atoms with E-state index in [-0.39, 0.29) is 6.03 Å². The Bertz CT molecular complexity index is 527. The lowest BCUT2D eigenvalue weighted by molar-refractivity contribution is 0.138. The van der Waals surface area contributed by atoms with Gasteiger partial charge in [0.2, 0.25) is 0 Å². The molecule has 1 N–H and O–H groups in total. The van der Waals surface area contributed by atoms with Crippen LogP contribution in [0.4, 0.5) is 4.79 Å². The lowest BCUT2D eigenvalue weighted by atomic mass is 10.2. The summed E-state index contributed by atoms with van der Waals surface area (Å²) in [6.07, 6.45) is 1.66. The third-order valence-electron chi connectivity index (χ3n) is 3.62. The average molecular weight is 343 g/mol. The fourth-order valence-corrected chi connectivity index (χ4v) is 3.97. The van der Waals surface area contributed by atoms with Crippen molar-refractivity contribution in [3.63, 3.8) is 0 Å². The van der Waals surface area contributed by atoms with Crippen LogP contribution < -0.4 is 5.09 Å². The van der Waals surface area contributed by atoms with Crippen LogP contribution in [0.3, 0.4) is 0 Å². The quantitative estimate of drug-likeness (QED) is 0.833. The third kappa shape index (κ3) is 4.74. The third-order valence-corrected chi connectivity index (χ3v) is 7.21. The molecule has 0 saturated carbocycles. The number of hydrogen-bond donors (Lipinski definition) is 1. The topological polar surface area (TPSA) is 61.9 Å². The van der Waals surface area contributed by atoms with Crippen molar-refractivity contribution in [3.05, 3.63) is 35.9 Å². The van der Waals surface area contributed by atoms with Crippen molar-refractivity contribution in [2.24, 2.45) is 0 Å². The van der Waals surface area contributed by atoms with E-state index >= 15 is 0 Å². The minimum Gasteiger partial charge on any atom is -0.322 e. The van der Waals surface area contributed by atoms with E-state index in [0.29, 0.717) is 13.1 Å². The van der Waals surface area contributed by atoms with E-state index < -0.39 is 6.72 Å². The molecule has 1 heterocycles. The Morgan fingerprint density at radius 2 is 1.91 bits per heavy atom. The van der Waals surface area contributed by atoms with E-state index in [0.717, 1.165) is 31.0 Å². The number of piperazine rings is 1. The smallest absolute Gasteiger partial charge is 0.322 e. The molecule has 6 nitrogen and oxygen atoms in total. The Morgan fingerprint density at radius 3 is 2.45 bits per heavy atom. The Morgan fingerprint density at radius 1 is 1.27 bits per heavy atom. The number of urea groups is 1. The molecular formula is C14H22N3O3PS. The van der Waals surface area contributed by atoms with Gasteiger partial charge in [-0.2, -0.15) is 0 Å². The van der Waals surface area contributed by atoms with Gasteiger partial charge in [0.05, 0.1) is 0 Å². The van der Waals surface area contributed by atoms with Crippen molar-refractivity contribution in [2.75, 3.05) is 39.5 Å². The molecule has 1 aromatic carbocycles. The Balaban J connectivity index is 1.82. The highest BCUT2D eigenvalue weighted by Gasteiger charge is 2.28. The highest BCUT2D eigenvalue weighted by Crippen LogP contribution is 2.53. The number of nitrogens with zero attached hydrogens (tertiary/aromatic N) is 2. The second-order valence-electron chi connectivity index (χ2n) is 5.03. The first-order valence-corrected chi connectivity index (χ1v) is 10.6. The largest absolute Gasteiger partial charge is 0.354 e. The van der Waals surface area contributed by atoms with Gasteiger partial charge >= 0.3 is 12.8 Å². The molecule has 1 fully saturated rings. The van der Waals surface area contributed by atoms with Gasteiger partial charge in [-0.05, 0) is 11.8 Å². The second-order valence-corrected chi connectivity index (χ2v) is 9.51. The fourth-order valence-electron chi connectivity index (χ4n) is 2.30. The lowest BCUT2D eigenvalue weighted by Gasteiger charge is -2.35. The van der Waals surface area contributed by atoms with Crippen LogP contribution in [0.15, 0.2) is 30.3 Å². The number of amides is 2. The van der Waals surface area contributed by atoms with E-state index in [1.165, 1.54) is 12.7 Å². The number of hydrogen-bond acceptors (Lipinski definition) is 5. The van der Waals surface area contributed by atoms with Crippen molar-refractivity contribution < 1.29 is 13.9 Å². The highest BCUT2D eigenvalue weighted by molar-refractivity contribution is 8.55. The van der Waals surface area contributed by atoms with E-state index in [9.17, 15) is 9.36 Å². The van der Waals surface area contributed by atoms with Crippen LogP contribution in [0.2, 0.25) is 0 Å². The summed E-state index contributed by atoms with van der Waals surface area (Å²) in [6, 6.07) is 9.96. The van der Waals surface area contributed by atoms with Crippen molar-refractivity contribution >= 4 is 24.1 Å². The Hall–Kier alpha value is -1.01. The number of carbonyl (C=O) groups excluding carboxylic acids is 1. The molecule has 22 heavy (non-hydrogen) atoms. The van der Waals surface area contributed by atoms with E-state index in [1.54, 1.807) is 11.2 Å². The van der Waals surface area contributed by atoms with E-state index in [2.05, 4.69) is 22.1 Å². The average Bonchev–Trinajstić information content (AvgIpc) is 2.56. The Kier molecular flexibility index (Phi) is 6.32. The summed E-state index contributed by atoms with van der Waals surface area (Å²) in [4.78, 5) is 16.1. The van der Waals surface area contributed by atoms with Gasteiger partial charge in [0.1, 0.15) is 0 Å². The van der Waals surface area contributed by atoms with Crippen molar-refractivity contribution in [1.82, 2.24) is 14.9 Å². The molecule has 1 unspecified atom stereocenters. The fraction of sp³-hybridized carbons (Fsp3) is 0.500. The first-order chi connectivity index (χ1) is 10.6. The van der Waals surface area contributed by atoms with Crippen LogP contribution in [-0.4, -0.2) is 55.4 Å². The molecule has 1 aliphatic heterocycles. The molecule has 122 valence electrons. The molecule has 0 radical (unpaired) electrons. The van der Waals surface area contributed by atoms with E-state index in [1.807, 2.05) is 18.2 Å². The molecule has 1 aromatic rings. The molecule has 1 saturated heterocycles. The summed E-state index contributed by atoms with van der Waals surface area (Å²) in [5.74, 6) is 0. The van der Waals surface area contributed by atoms with Gasteiger partial charge in [-0.15, -0.1) is 0 Å². The molecule has 2 amide bonds. The standard InChI is InChI=1S/C14H22N3O3PS/c1-20-21(19,22-2)15-14(18)17-10-8-16(9-11-17)12-13-6-4-3-5-7-13/h3-7H,8-12H2,1-2H3,(H,15,18,19). The molecule has 0 spiro atoms. The molecule has 1 atom stereocenters. The predicted molar refractivity (Wildman–Crippen MR) is 90.0 cm³/mol. The van der Waals surface area contributed by atoms with Crippen LogP contribution >= 0.6 is 18.1 Å². The minimum atomic E-state index is -3.11. The maximum atomic E-state index is 12.1.